The lowest BCUT2D eigenvalue weighted by Gasteiger charge is -2.22. The van der Waals surface area contributed by atoms with Crippen LogP contribution in [0.5, 0.6) is 0 Å². The average Bonchev–Trinajstić information content (AvgIpc) is 2.40. The molecule has 1 fully saturated rings. The number of rotatable bonds is 3. The van der Waals surface area contributed by atoms with E-state index in [0.717, 1.165) is 25.7 Å². The van der Waals surface area contributed by atoms with E-state index in [1.54, 1.807) is 12.1 Å². The predicted octanol–water partition coefficient (Wildman–Crippen LogP) is 3.05. The van der Waals surface area contributed by atoms with Crippen molar-refractivity contribution in [3.8, 4) is 0 Å². The topological polar surface area (TPSA) is 84.3 Å². The maximum atomic E-state index is 11.8. The number of nitrogens with zero attached hydrogens (tertiary/aromatic N) is 1. The van der Waals surface area contributed by atoms with Crippen molar-refractivity contribution in [3.63, 3.8) is 0 Å². The normalized spacial score (nSPS) is 15.8. The molecular weight excluding hydrogens is 246 g/mol. The number of hydrogen-bond donors (Lipinski definition) is 2. The number of nitro groups is 1. The van der Waals surface area contributed by atoms with E-state index in [-0.39, 0.29) is 23.4 Å². The van der Waals surface area contributed by atoms with Crippen LogP contribution in [0.4, 0.5) is 16.2 Å². The Morgan fingerprint density at radius 3 is 2.58 bits per heavy atom. The first-order valence-corrected chi connectivity index (χ1v) is 6.48. The van der Waals surface area contributed by atoms with Gasteiger partial charge < -0.3 is 10.6 Å². The van der Waals surface area contributed by atoms with Crippen LogP contribution in [-0.4, -0.2) is 17.0 Å². The second kappa shape index (κ2) is 6.17. The summed E-state index contributed by atoms with van der Waals surface area (Å²) in [7, 11) is 0. The zero-order chi connectivity index (χ0) is 13.7. The lowest BCUT2D eigenvalue weighted by Crippen LogP contribution is -2.39. The quantitative estimate of drug-likeness (QED) is 0.649. The van der Waals surface area contributed by atoms with Crippen molar-refractivity contribution < 1.29 is 9.72 Å². The Hall–Kier alpha value is -2.11. The number of carbonyl (C=O) groups is 1. The van der Waals surface area contributed by atoms with Gasteiger partial charge in [-0.05, 0) is 18.9 Å². The average molecular weight is 263 g/mol. The van der Waals surface area contributed by atoms with Gasteiger partial charge >= 0.3 is 6.03 Å². The summed E-state index contributed by atoms with van der Waals surface area (Å²) in [4.78, 5) is 22.1. The molecule has 19 heavy (non-hydrogen) atoms. The molecule has 6 heteroatoms. The van der Waals surface area contributed by atoms with Crippen molar-refractivity contribution in [2.45, 2.75) is 38.1 Å². The minimum atomic E-state index is -0.504. The molecule has 1 aliphatic carbocycles. The van der Waals surface area contributed by atoms with E-state index in [0.29, 0.717) is 0 Å². The monoisotopic (exact) mass is 263 g/mol. The number of urea groups is 1. The Morgan fingerprint density at radius 2 is 1.89 bits per heavy atom. The van der Waals surface area contributed by atoms with E-state index < -0.39 is 4.92 Å². The van der Waals surface area contributed by atoms with Crippen LogP contribution in [0.3, 0.4) is 0 Å². The fourth-order valence-electron chi connectivity index (χ4n) is 2.33. The van der Waals surface area contributed by atoms with Gasteiger partial charge in [0.1, 0.15) is 5.69 Å². The summed E-state index contributed by atoms with van der Waals surface area (Å²) in [5.41, 5.74) is 0.127. The summed E-state index contributed by atoms with van der Waals surface area (Å²) >= 11 is 0. The molecule has 0 saturated heterocycles. The number of nitro benzene ring substituents is 1. The molecule has 6 nitrogen and oxygen atoms in total. The minimum Gasteiger partial charge on any atom is -0.335 e. The fourth-order valence-corrected chi connectivity index (χ4v) is 2.33. The van der Waals surface area contributed by atoms with Gasteiger partial charge in [0, 0.05) is 12.1 Å². The van der Waals surface area contributed by atoms with Gasteiger partial charge in [0.2, 0.25) is 0 Å². The SMILES string of the molecule is O=C(Nc1ccccc1[N+](=O)[O-])NC1CCCCC1. The van der Waals surface area contributed by atoms with Crippen molar-refractivity contribution >= 4 is 17.4 Å². The van der Waals surface area contributed by atoms with Gasteiger partial charge in [0.05, 0.1) is 4.92 Å². The lowest BCUT2D eigenvalue weighted by molar-refractivity contribution is -0.383. The van der Waals surface area contributed by atoms with Crippen molar-refractivity contribution in [2.24, 2.45) is 0 Å². The molecule has 0 heterocycles. The molecule has 1 saturated carbocycles. The molecule has 0 spiro atoms. The lowest BCUT2D eigenvalue weighted by atomic mass is 9.96. The predicted molar refractivity (Wildman–Crippen MR) is 72.1 cm³/mol. The van der Waals surface area contributed by atoms with Gasteiger partial charge in [-0.25, -0.2) is 4.79 Å². The third kappa shape index (κ3) is 3.67. The highest BCUT2D eigenvalue weighted by Gasteiger charge is 2.18. The van der Waals surface area contributed by atoms with Gasteiger partial charge in [-0.15, -0.1) is 0 Å². The number of anilines is 1. The molecule has 0 bridgehead atoms. The van der Waals surface area contributed by atoms with Gasteiger partial charge in [-0.3, -0.25) is 10.1 Å². The van der Waals surface area contributed by atoms with Crippen molar-refractivity contribution in [3.05, 3.63) is 34.4 Å². The van der Waals surface area contributed by atoms with Crippen LogP contribution < -0.4 is 10.6 Å². The summed E-state index contributed by atoms with van der Waals surface area (Å²) in [5.74, 6) is 0. The Labute approximate surface area is 111 Å². The van der Waals surface area contributed by atoms with E-state index in [1.165, 1.54) is 18.6 Å². The Kier molecular flexibility index (Phi) is 4.33. The van der Waals surface area contributed by atoms with Crippen LogP contribution in [0, 0.1) is 10.1 Å². The van der Waals surface area contributed by atoms with Crippen LogP contribution >= 0.6 is 0 Å². The van der Waals surface area contributed by atoms with Crippen LogP contribution in [0.2, 0.25) is 0 Å². The number of amides is 2. The zero-order valence-corrected chi connectivity index (χ0v) is 10.6. The standard InChI is InChI=1S/C13H17N3O3/c17-13(14-10-6-2-1-3-7-10)15-11-8-4-5-9-12(11)16(18)19/h4-5,8-10H,1-3,6-7H2,(H2,14,15,17). The van der Waals surface area contributed by atoms with Gasteiger partial charge in [-0.2, -0.15) is 0 Å². The van der Waals surface area contributed by atoms with Crippen LogP contribution in [0.15, 0.2) is 24.3 Å². The van der Waals surface area contributed by atoms with Gasteiger partial charge in [0.25, 0.3) is 5.69 Å². The smallest absolute Gasteiger partial charge is 0.319 e. The summed E-state index contributed by atoms with van der Waals surface area (Å²) in [6.45, 7) is 0. The highest BCUT2D eigenvalue weighted by molar-refractivity contribution is 5.91. The number of hydrogen-bond acceptors (Lipinski definition) is 3. The number of carbonyl (C=O) groups excluding carboxylic acids is 1. The second-order valence-electron chi connectivity index (χ2n) is 4.71. The minimum absolute atomic E-state index is 0.0960. The van der Waals surface area contributed by atoms with E-state index in [4.69, 9.17) is 0 Å². The Balaban J connectivity index is 1.96. The molecule has 102 valence electrons. The van der Waals surface area contributed by atoms with Crippen molar-refractivity contribution in [2.75, 3.05) is 5.32 Å². The molecule has 2 N–H and O–H groups in total. The number of nitrogens with one attached hydrogen (secondary N) is 2. The molecule has 0 aromatic heterocycles. The van der Waals surface area contributed by atoms with Crippen LogP contribution in [0.1, 0.15) is 32.1 Å². The maximum Gasteiger partial charge on any atom is 0.319 e. The molecule has 2 rings (SSSR count). The highest BCUT2D eigenvalue weighted by atomic mass is 16.6. The highest BCUT2D eigenvalue weighted by Crippen LogP contribution is 2.23. The molecule has 0 radical (unpaired) electrons. The molecular formula is C13H17N3O3. The Bertz CT molecular complexity index is 470. The third-order valence-electron chi connectivity index (χ3n) is 3.29. The molecule has 0 aliphatic heterocycles. The molecule has 1 aromatic carbocycles. The number of para-hydroxylation sites is 2. The molecule has 0 unspecified atom stereocenters. The Morgan fingerprint density at radius 1 is 1.21 bits per heavy atom. The van der Waals surface area contributed by atoms with E-state index in [9.17, 15) is 14.9 Å². The molecule has 0 atom stereocenters. The van der Waals surface area contributed by atoms with E-state index in [1.807, 2.05) is 0 Å². The van der Waals surface area contributed by atoms with E-state index in [2.05, 4.69) is 10.6 Å². The third-order valence-corrected chi connectivity index (χ3v) is 3.29. The molecule has 1 aliphatic rings. The first-order valence-electron chi connectivity index (χ1n) is 6.48. The largest absolute Gasteiger partial charge is 0.335 e. The summed E-state index contributed by atoms with van der Waals surface area (Å²) in [6, 6.07) is 5.93. The van der Waals surface area contributed by atoms with E-state index >= 15 is 0 Å². The van der Waals surface area contributed by atoms with Gasteiger partial charge in [0.15, 0.2) is 0 Å². The summed E-state index contributed by atoms with van der Waals surface area (Å²) in [5, 5.41) is 16.2. The number of benzene rings is 1. The second-order valence-corrected chi connectivity index (χ2v) is 4.71. The molecule has 1 aromatic rings. The first-order chi connectivity index (χ1) is 9.16. The fraction of sp³-hybridized carbons (Fsp3) is 0.462. The van der Waals surface area contributed by atoms with Crippen LogP contribution in [0.25, 0.3) is 0 Å². The maximum absolute atomic E-state index is 11.8. The van der Waals surface area contributed by atoms with Crippen molar-refractivity contribution in [1.29, 1.82) is 0 Å². The first kappa shape index (κ1) is 13.3. The van der Waals surface area contributed by atoms with Crippen LogP contribution in [-0.2, 0) is 0 Å². The zero-order valence-electron chi connectivity index (χ0n) is 10.6. The molecule has 2 amide bonds. The summed E-state index contributed by atoms with van der Waals surface area (Å²) < 4.78 is 0. The van der Waals surface area contributed by atoms with Crippen molar-refractivity contribution in [1.82, 2.24) is 5.32 Å². The summed E-state index contributed by atoms with van der Waals surface area (Å²) in [6.07, 6.45) is 5.41. The van der Waals surface area contributed by atoms with Gasteiger partial charge in [-0.1, -0.05) is 31.4 Å².